The van der Waals surface area contributed by atoms with Crippen LogP contribution in [-0.2, 0) is 14.3 Å². The van der Waals surface area contributed by atoms with Crippen molar-refractivity contribution in [3.05, 3.63) is 35.9 Å². The van der Waals surface area contributed by atoms with Gasteiger partial charge in [0.25, 0.3) is 0 Å². The number of likely N-dealkylation sites (tertiary alicyclic amines) is 1. The van der Waals surface area contributed by atoms with Crippen LogP contribution in [0.2, 0.25) is 0 Å². The Labute approximate surface area is 190 Å². The number of guanidine groups is 1. The number of carbonyl (C=O) groups excluding carboxylic acids is 2. The van der Waals surface area contributed by atoms with Crippen molar-refractivity contribution in [3.63, 3.8) is 0 Å². The van der Waals surface area contributed by atoms with Crippen LogP contribution in [-0.4, -0.2) is 82.1 Å². The molecule has 0 bridgehead atoms. The second-order valence-corrected chi connectivity index (χ2v) is 7.08. The molecule has 1 heterocycles. The number of nitrogens with zero attached hydrogens (tertiary/aromatic N) is 3. The third kappa shape index (κ3) is 7.46. The van der Waals surface area contributed by atoms with E-state index in [0.29, 0.717) is 32.1 Å². The summed E-state index contributed by atoms with van der Waals surface area (Å²) in [7, 11) is 6.88. The van der Waals surface area contributed by atoms with E-state index < -0.39 is 0 Å². The van der Waals surface area contributed by atoms with Gasteiger partial charge in [-0.05, 0) is 5.56 Å². The van der Waals surface area contributed by atoms with E-state index in [4.69, 9.17) is 4.74 Å². The summed E-state index contributed by atoms with van der Waals surface area (Å²) in [5.74, 6) is 0.708. The van der Waals surface area contributed by atoms with Gasteiger partial charge < -0.3 is 25.2 Å². The van der Waals surface area contributed by atoms with Gasteiger partial charge in [-0.2, -0.15) is 0 Å². The predicted octanol–water partition coefficient (Wildman–Crippen LogP) is 1.09. The number of hydrogen-bond acceptors (Lipinski definition) is 4. The smallest absolute Gasteiger partial charge is 0.243 e. The fourth-order valence-electron chi connectivity index (χ4n) is 3.24. The summed E-state index contributed by atoms with van der Waals surface area (Å²) in [5, 5.41) is 6.45. The molecule has 9 heteroatoms. The van der Waals surface area contributed by atoms with Crippen molar-refractivity contribution < 1.29 is 14.3 Å². The quantitative estimate of drug-likeness (QED) is 0.234. The Morgan fingerprint density at radius 3 is 2.59 bits per heavy atom. The molecule has 29 heavy (non-hydrogen) atoms. The minimum atomic E-state index is -0.0780. The molecule has 0 aromatic heterocycles. The fraction of sp³-hybridized carbons (Fsp3) is 0.550. The number of amides is 2. The molecule has 1 aromatic rings. The first-order chi connectivity index (χ1) is 13.4. The second-order valence-electron chi connectivity index (χ2n) is 7.08. The van der Waals surface area contributed by atoms with Gasteiger partial charge in [-0.3, -0.25) is 9.59 Å². The highest BCUT2D eigenvalue weighted by Crippen LogP contribution is 2.36. The molecule has 1 fully saturated rings. The first-order valence-corrected chi connectivity index (χ1v) is 9.46. The first kappa shape index (κ1) is 25.2. The molecule has 1 saturated heterocycles. The monoisotopic (exact) mass is 517 g/mol. The lowest BCUT2D eigenvalue weighted by Crippen LogP contribution is -2.42. The molecule has 2 rings (SSSR count). The van der Waals surface area contributed by atoms with E-state index >= 15 is 0 Å². The van der Waals surface area contributed by atoms with Crippen molar-refractivity contribution in [1.82, 2.24) is 20.4 Å². The van der Waals surface area contributed by atoms with Crippen molar-refractivity contribution in [1.29, 1.82) is 0 Å². The lowest BCUT2D eigenvalue weighted by atomic mass is 9.94. The Balaban J connectivity index is 0.00000420. The summed E-state index contributed by atoms with van der Waals surface area (Å²) in [4.78, 5) is 31.8. The lowest BCUT2D eigenvalue weighted by molar-refractivity contribution is -0.128. The first-order valence-electron chi connectivity index (χ1n) is 9.46. The van der Waals surface area contributed by atoms with E-state index in [1.165, 1.54) is 4.90 Å². The van der Waals surface area contributed by atoms with Gasteiger partial charge in [-0.1, -0.05) is 30.3 Å². The number of hydrogen-bond donors (Lipinski definition) is 2. The van der Waals surface area contributed by atoms with Gasteiger partial charge in [0, 0.05) is 53.7 Å². The van der Waals surface area contributed by atoms with E-state index in [1.807, 2.05) is 42.3 Å². The number of likely N-dealkylation sites (N-methyl/N-ethyl adjacent to an activating group) is 1. The molecule has 8 nitrogen and oxygen atoms in total. The average molecular weight is 517 g/mol. The summed E-state index contributed by atoms with van der Waals surface area (Å²) in [6, 6.07) is 10.1. The van der Waals surface area contributed by atoms with Crippen molar-refractivity contribution in [2.24, 2.45) is 10.9 Å². The summed E-state index contributed by atoms with van der Waals surface area (Å²) >= 11 is 0. The van der Waals surface area contributed by atoms with Gasteiger partial charge in [-0.15, -0.1) is 24.0 Å². The second kappa shape index (κ2) is 12.6. The maximum Gasteiger partial charge on any atom is 0.243 e. The molecule has 1 aromatic carbocycles. The highest BCUT2D eigenvalue weighted by Gasteiger charge is 2.38. The zero-order chi connectivity index (χ0) is 20.5. The predicted molar refractivity (Wildman–Crippen MR) is 124 cm³/mol. The number of ether oxygens (including phenoxy) is 1. The summed E-state index contributed by atoms with van der Waals surface area (Å²) in [5.41, 5.74) is 1.12. The topological polar surface area (TPSA) is 86.3 Å². The van der Waals surface area contributed by atoms with Crippen molar-refractivity contribution in [2.75, 3.05) is 54.5 Å². The lowest BCUT2D eigenvalue weighted by Gasteiger charge is -2.26. The maximum absolute atomic E-state index is 12.3. The van der Waals surface area contributed by atoms with Crippen LogP contribution < -0.4 is 10.6 Å². The van der Waals surface area contributed by atoms with Crippen LogP contribution in [0.4, 0.5) is 0 Å². The van der Waals surface area contributed by atoms with Crippen molar-refractivity contribution >= 4 is 41.8 Å². The van der Waals surface area contributed by atoms with Gasteiger partial charge >= 0.3 is 0 Å². The number of methoxy groups -OCH3 is 1. The van der Waals surface area contributed by atoms with E-state index in [9.17, 15) is 9.59 Å². The van der Waals surface area contributed by atoms with Crippen LogP contribution in [0.15, 0.2) is 35.3 Å². The zero-order valence-corrected chi connectivity index (χ0v) is 19.9. The highest BCUT2D eigenvalue weighted by molar-refractivity contribution is 14.0. The molecule has 2 amide bonds. The van der Waals surface area contributed by atoms with E-state index in [1.54, 1.807) is 21.2 Å². The Bertz CT molecular complexity index is 684. The Hall–Kier alpha value is -1.88. The third-order valence-electron chi connectivity index (χ3n) is 4.84. The van der Waals surface area contributed by atoms with Gasteiger partial charge in [-0.25, -0.2) is 4.99 Å². The molecular formula is C20H32IN5O3. The molecule has 1 aliphatic heterocycles. The molecule has 2 atom stereocenters. The van der Waals surface area contributed by atoms with Gasteiger partial charge in [0.05, 0.1) is 12.6 Å². The number of nitrogens with one attached hydrogen (secondary N) is 2. The number of aliphatic imine (C=N–C) groups is 1. The van der Waals surface area contributed by atoms with Crippen LogP contribution in [0.3, 0.4) is 0 Å². The van der Waals surface area contributed by atoms with Crippen molar-refractivity contribution in [2.45, 2.75) is 12.5 Å². The van der Waals surface area contributed by atoms with E-state index in [-0.39, 0.29) is 54.3 Å². The molecule has 1 aliphatic rings. The Kier molecular flexibility index (Phi) is 11.0. The summed E-state index contributed by atoms with van der Waals surface area (Å²) in [6.07, 6.45) is 0.477. The van der Waals surface area contributed by atoms with Crippen LogP contribution in [0.25, 0.3) is 0 Å². The van der Waals surface area contributed by atoms with Crippen LogP contribution in [0, 0.1) is 5.92 Å². The molecule has 162 valence electrons. The average Bonchev–Trinajstić information content (AvgIpc) is 2.97. The summed E-state index contributed by atoms with van der Waals surface area (Å²) in [6.45, 7) is 1.73. The molecule has 0 spiro atoms. The molecule has 2 unspecified atom stereocenters. The van der Waals surface area contributed by atoms with Crippen molar-refractivity contribution in [3.8, 4) is 0 Å². The normalized spacial score (nSPS) is 19.0. The summed E-state index contributed by atoms with van der Waals surface area (Å²) < 4.78 is 5.07. The van der Waals surface area contributed by atoms with Crippen LogP contribution >= 0.6 is 24.0 Å². The number of benzene rings is 1. The maximum atomic E-state index is 12.3. The molecule has 0 radical (unpaired) electrons. The zero-order valence-electron chi connectivity index (χ0n) is 17.6. The molecule has 0 saturated carbocycles. The van der Waals surface area contributed by atoms with Crippen LogP contribution in [0.5, 0.6) is 0 Å². The van der Waals surface area contributed by atoms with Crippen LogP contribution in [0.1, 0.15) is 18.0 Å². The highest BCUT2D eigenvalue weighted by atomic mass is 127. The number of halogens is 1. The fourth-order valence-corrected chi connectivity index (χ4v) is 3.24. The molecule has 2 N–H and O–H groups in total. The van der Waals surface area contributed by atoms with Gasteiger partial charge in [0.2, 0.25) is 11.8 Å². The van der Waals surface area contributed by atoms with Gasteiger partial charge in [0.15, 0.2) is 5.96 Å². The largest absolute Gasteiger partial charge is 0.383 e. The minimum absolute atomic E-state index is 0. The minimum Gasteiger partial charge on any atom is -0.383 e. The number of rotatable bonds is 8. The molecule has 0 aliphatic carbocycles. The Morgan fingerprint density at radius 2 is 1.97 bits per heavy atom. The standard InChI is InChI=1S/C20H31N5O3.HI/c1-24(2)18(27)14-23-20(21-10-11-28-4)22-13-16-12-17(26)25(3)19(16)15-8-6-5-7-9-15;/h5-9,16,19H,10-14H2,1-4H3,(H2,21,22,23);1H. The molecular weight excluding hydrogens is 485 g/mol. The SMILES string of the molecule is COCCNC(=NCC(=O)N(C)C)NCC1CC(=O)N(C)C1c1ccccc1.I. The van der Waals surface area contributed by atoms with E-state index in [2.05, 4.69) is 15.6 Å². The third-order valence-corrected chi connectivity index (χ3v) is 4.84. The Morgan fingerprint density at radius 1 is 1.28 bits per heavy atom. The van der Waals surface area contributed by atoms with E-state index in [0.717, 1.165) is 5.56 Å². The van der Waals surface area contributed by atoms with Gasteiger partial charge in [0.1, 0.15) is 6.54 Å². The number of carbonyl (C=O) groups is 2.